The van der Waals surface area contributed by atoms with E-state index in [4.69, 9.17) is 5.14 Å². The molecule has 11 heteroatoms. The highest BCUT2D eigenvalue weighted by molar-refractivity contribution is 7.89. The minimum atomic E-state index is -3.77. The van der Waals surface area contributed by atoms with E-state index in [9.17, 15) is 21.6 Å². The van der Waals surface area contributed by atoms with Crippen molar-refractivity contribution < 1.29 is 21.6 Å². The summed E-state index contributed by atoms with van der Waals surface area (Å²) < 4.78 is 47.6. The number of rotatable bonds is 6. The minimum Gasteiger partial charge on any atom is -0.325 e. The maximum absolute atomic E-state index is 12.4. The molecule has 1 aromatic rings. The molecule has 4 N–H and O–H groups in total. The Kier molecular flexibility index (Phi) is 6.40. The fraction of sp³-hybridized carbons (Fsp3) is 0.533. The fourth-order valence-corrected chi connectivity index (χ4v) is 4.20. The number of anilines is 1. The summed E-state index contributed by atoms with van der Waals surface area (Å²) >= 11 is 0. The molecule has 0 saturated carbocycles. The number of likely N-dealkylation sites (tertiary alicyclic amines) is 1. The van der Waals surface area contributed by atoms with Crippen molar-refractivity contribution in [1.82, 2.24) is 9.62 Å². The number of nitrogens with zero attached hydrogens (tertiary/aromatic N) is 1. The normalized spacial score (nSPS) is 18.4. The Morgan fingerprint density at radius 2 is 1.69 bits per heavy atom. The van der Waals surface area contributed by atoms with E-state index < -0.39 is 26.1 Å². The van der Waals surface area contributed by atoms with Gasteiger partial charge in [-0.05, 0) is 44.0 Å². The van der Waals surface area contributed by atoms with Gasteiger partial charge in [-0.3, -0.25) is 9.69 Å². The van der Waals surface area contributed by atoms with E-state index in [2.05, 4.69) is 10.0 Å². The molecular formula is C15H24N4O5S2. The fourth-order valence-electron chi connectivity index (χ4n) is 2.85. The van der Waals surface area contributed by atoms with Gasteiger partial charge in [0.25, 0.3) is 0 Å². The molecule has 1 amide bonds. The molecule has 0 aliphatic carbocycles. The summed E-state index contributed by atoms with van der Waals surface area (Å²) in [6.45, 7) is 2.98. The molecular weight excluding hydrogens is 380 g/mol. The number of sulfonamides is 2. The molecule has 146 valence electrons. The smallest absolute Gasteiger partial charge is 0.241 e. The van der Waals surface area contributed by atoms with Crippen molar-refractivity contribution in [3.8, 4) is 0 Å². The van der Waals surface area contributed by atoms with Crippen molar-refractivity contribution in [2.45, 2.75) is 36.7 Å². The average Bonchev–Trinajstić information content (AvgIpc) is 2.53. The lowest BCUT2D eigenvalue weighted by molar-refractivity contribution is -0.121. The van der Waals surface area contributed by atoms with Gasteiger partial charge in [0.15, 0.2) is 0 Å². The molecule has 0 spiro atoms. The number of amides is 1. The van der Waals surface area contributed by atoms with Crippen LogP contribution < -0.4 is 15.2 Å². The highest BCUT2D eigenvalue weighted by Crippen LogP contribution is 2.17. The van der Waals surface area contributed by atoms with Crippen molar-refractivity contribution in [3.05, 3.63) is 24.3 Å². The van der Waals surface area contributed by atoms with Gasteiger partial charge < -0.3 is 5.32 Å². The van der Waals surface area contributed by atoms with Crippen LogP contribution in [0.15, 0.2) is 29.2 Å². The van der Waals surface area contributed by atoms with E-state index in [1.165, 1.54) is 24.3 Å². The van der Waals surface area contributed by atoms with Crippen LogP contribution in [0.4, 0.5) is 5.69 Å². The Morgan fingerprint density at radius 3 is 2.15 bits per heavy atom. The lowest BCUT2D eigenvalue weighted by atomic mass is 10.0. The van der Waals surface area contributed by atoms with Crippen molar-refractivity contribution in [2.24, 2.45) is 5.14 Å². The summed E-state index contributed by atoms with van der Waals surface area (Å²) in [5.74, 6) is -0.220. The zero-order valence-corrected chi connectivity index (χ0v) is 16.3. The second kappa shape index (κ2) is 8.01. The number of hydrogen-bond acceptors (Lipinski definition) is 6. The first kappa shape index (κ1) is 20.8. The van der Waals surface area contributed by atoms with Gasteiger partial charge in [0.2, 0.25) is 26.0 Å². The minimum absolute atomic E-state index is 0.0241. The number of nitrogens with one attached hydrogen (secondary N) is 2. The van der Waals surface area contributed by atoms with E-state index in [-0.39, 0.29) is 16.8 Å². The van der Waals surface area contributed by atoms with E-state index in [0.717, 1.165) is 6.26 Å². The molecule has 0 bridgehead atoms. The van der Waals surface area contributed by atoms with E-state index in [1.54, 1.807) is 6.92 Å². The van der Waals surface area contributed by atoms with Gasteiger partial charge in [0.05, 0.1) is 17.2 Å². The molecule has 1 aromatic carbocycles. The number of piperidine rings is 1. The highest BCUT2D eigenvalue weighted by Gasteiger charge is 2.27. The van der Waals surface area contributed by atoms with E-state index in [0.29, 0.717) is 31.6 Å². The van der Waals surface area contributed by atoms with Crippen LogP contribution in [-0.2, 0) is 24.8 Å². The predicted octanol–water partition coefficient (Wildman–Crippen LogP) is -0.325. The van der Waals surface area contributed by atoms with Gasteiger partial charge in [-0.25, -0.2) is 26.7 Å². The van der Waals surface area contributed by atoms with Crippen LogP contribution in [0, 0.1) is 0 Å². The third-order valence-corrected chi connectivity index (χ3v) is 5.98. The molecule has 1 aliphatic heterocycles. The molecule has 1 saturated heterocycles. The molecule has 2 rings (SSSR count). The summed E-state index contributed by atoms with van der Waals surface area (Å²) in [6, 6.07) is 5.11. The number of carbonyl (C=O) groups is 1. The van der Waals surface area contributed by atoms with Crippen molar-refractivity contribution >= 4 is 31.6 Å². The van der Waals surface area contributed by atoms with Crippen LogP contribution in [-0.4, -0.2) is 59.1 Å². The van der Waals surface area contributed by atoms with E-state index in [1.807, 2.05) is 4.90 Å². The van der Waals surface area contributed by atoms with Crippen LogP contribution in [0.2, 0.25) is 0 Å². The SMILES string of the molecule is CC(C(=O)Nc1ccc(S(N)(=O)=O)cc1)N1CCC(NS(C)(=O)=O)CC1. The summed E-state index contributed by atoms with van der Waals surface area (Å²) in [5.41, 5.74) is 0.475. The van der Waals surface area contributed by atoms with Gasteiger partial charge in [-0.1, -0.05) is 0 Å². The van der Waals surface area contributed by atoms with Crippen LogP contribution in [0.1, 0.15) is 19.8 Å². The number of nitrogens with two attached hydrogens (primary N) is 1. The molecule has 1 atom stereocenters. The largest absolute Gasteiger partial charge is 0.325 e. The van der Waals surface area contributed by atoms with Crippen molar-refractivity contribution in [1.29, 1.82) is 0 Å². The first-order valence-corrected chi connectivity index (χ1v) is 11.5. The number of carbonyl (C=O) groups excluding carboxylic acids is 1. The number of hydrogen-bond donors (Lipinski definition) is 3. The molecule has 1 heterocycles. The standard InChI is InChI=1S/C15H24N4O5S2/c1-11(19-9-7-13(8-10-19)18-25(2,21)22)15(20)17-12-3-5-14(6-4-12)26(16,23)24/h3-6,11,13,18H,7-10H2,1-2H3,(H,17,20)(H2,16,23,24). The van der Waals surface area contributed by atoms with Crippen molar-refractivity contribution in [2.75, 3.05) is 24.7 Å². The number of benzene rings is 1. The zero-order chi connectivity index (χ0) is 19.5. The van der Waals surface area contributed by atoms with E-state index >= 15 is 0 Å². The molecule has 1 aliphatic rings. The molecule has 9 nitrogen and oxygen atoms in total. The average molecular weight is 405 g/mol. The van der Waals surface area contributed by atoms with Gasteiger partial charge in [0.1, 0.15) is 0 Å². The zero-order valence-electron chi connectivity index (χ0n) is 14.7. The number of primary sulfonamides is 1. The van der Waals surface area contributed by atoms with Gasteiger partial charge in [-0.15, -0.1) is 0 Å². The van der Waals surface area contributed by atoms with Gasteiger partial charge >= 0.3 is 0 Å². The predicted molar refractivity (Wildman–Crippen MR) is 98.5 cm³/mol. The molecule has 0 radical (unpaired) electrons. The lowest BCUT2D eigenvalue weighted by Gasteiger charge is -2.35. The van der Waals surface area contributed by atoms with Crippen LogP contribution >= 0.6 is 0 Å². The summed E-state index contributed by atoms with van der Waals surface area (Å²) in [6.07, 6.45) is 2.40. The Bertz CT molecular complexity index is 845. The lowest BCUT2D eigenvalue weighted by Crippen LogP contribution is -2.50. The second-order valence-electron chi connectivity index (χ2n) is 6.43. The quantitative estimate of drug-likeness (QED) is 0.594. The third kappa shape index (κ3) is 6.02. The van der Waals surface area contributed by atoms with Crippen LogP contribution in [0.25, 0.3) is 0 Å². The Morgan fingerprint density at radius 1 is 1.15 bits per heavy atom. The Labute approximate surface area is 154 Å². The Balaban J connectivity index is 1.90. The topological polar surface area (TPSA) is 139 Å². The summed E-state index contributed by atoms with van der Waals surface area (Å²) in [7, 11) is -7.00. The van der Waals surface area contributed by atoms with Crippen LogP contribution in [0.5, 0.6) is 0 Å². The third-order valence-electron chi connectivity index (χ3n) is 4.29. The summed E-state index contributed by atoms with van der Waals surface area (Å²) in [4.78, 5) is 14.4. The highest BCUT2D eigenvalue weighted by atomic mass is 32.2. The second-order valence-corrected chi connectivity index (χ2v) is 9.78. The van der Waals surface area contributed by atoms with Crippen molar-refractivity contribution in [3.63, 3.8) is 0 Å². The van der Waals surface area contributed by atoms with Crippen LogP contribution in [0.3, 0.4) is 0 Å². The summed E-state index contributed by atoms with van der Waals surface area (Å²) in [5, 5.41) is 7.78. The molecule has 26 heavy (non-hydrogen) atoms. The Hall–Kier alpha value is -1.53. The van der Waals surface area contributed by atoms with Gasteiger partial charge in [0, 0.05) is 24.8 Å². The maximum Gasteiger partial charge on any atom is 0.241 e. The van der Waals surface area contributed by atoms with Gasteiger partial charge in [-0.2, -0.15) is 0 Å². The molecule has 0 aromatic heterocycles. The maximum atomic E-state index is 12.4. The first-order valence-electron chi connectivity index (χ1n) is 8.11. The molecule has 1 fully saturated rings. The monoisotopic (exact) mass is 404 g/mol. The first-order chi connectivity index (χ1) is 12.0. The molecule has 1 unspecified atom stereocenters.